The van der Waals surface area contributed by atoms with E-state index in [9.17, 15) is 4.79 Å². The maximum Gasteiger partial charge on any atom is 0.266 e. The lowest BCUT2D eigenvalue weighted by Gasteiger charge is -2.29. The second kappa shape index (κ2) is 6.44. The molecule has 2 aliphatic rings. The lowest BCUT2D eigenvalue weighted by atomic mass is 10.1. The van der Waals surface area contributed by atoms with Gasteiger partial charge in [0.05, 0.1) is 15.9 Å². The van der Waals surface area contributed by atoms with Gasteiger partial charge in [0.1, 0.15) is 16.2 Å². The zero-order valence-corrected chi connectivity index (χ0v) is 18.4. The van der Waals surface area contributed by atoms with Gasteiger partial charge in [0.25, 0.3) is 5.56 Å². The number of piperidine rings is 1. The van der Waals surface area contributed by atoms with Gasteiger partial charge in [-0.15, -0.1) is 0 Å². The van der Waals surface area contributed by atoms with Crippen LogP contribution in [0.4, 0.5) is 5.95 Å². The first-order valence-corrected chi connectivity index (χ1v) is 10.9. The van der Waals surface area contributed by atoms with Crippen molar-refractivity contribution in [2.45, 2.75) is 24.9 Å². The van der Waals surface area contributed by atoms with Gasteiger partial charge in [0.15, 0.2) is 5.65 Å². The first-order chi connectivity index (χ1) is 14.9. The predicted molar refractivity (Wildman–Crippen MR) is 121 cm³/mol. The first-order valence-electron chi connectivity index (χ1n) is 10.1. The van der Waals surface area contributed by atoms with Crippen molar-refractivity contribution in [3.63, 3.8) is 0 Å². The van der Waals surface area contributed by atoms with E-state index in [1.54, 1.807) is 29.4 Å². The fourth-order valence-electron chi connectivity index (χ4n) is 5.18. The predicted octanol–water partition coefficient (Wildman–Crippen LogP) is 2.44. The van der Waals surface area contributed by atoms with Gasteiger partial charge >= 0.3 is 0 Å². The number of aromatic nitrogens is 6. The summed E-state index contributed by atoms with van der Waals surface area (Å²) < 4.78 is 3.14. The fraction of sp³-hybridized carbons (Fsp3) is 0.400. The highest BCUT2D eigenvalue weighted by Gasteiger charge is 2.46. The molecule has 0 spiro atoms. The van der Waals surface area contributed by atoms with E-state index in [0.29, 0.717) is 55.2 Å². The third kappa shape index (κ3) is 2.48. The van der Waals surface area contributed by atoms with Crippen LogP contribution in [0.5, 0.6) is 0 Å². The van der Waals surface area contributed by atoms with E-state index in [-0.39, 0.29) is 17.6 Å². The number of halogens is 2. The number of anilines is 1. The molecule has 2 bridgehead atoms. The summed E-state index contributed by atoms with van der Waals surface area (Å²) in [4.78, 5) is 20.3. The van der Waals surface area contributed by atoms with Crippen LogP contribution in [-0.4, -0.2) is 48.2 Å². The van der Waals surface area contributed by atoms with Gasteiger partial charge in [0, 0.05) is 38.3 Å². The number of hydrogen-bond donors (Lipinski definition) is 2. The highest BCUT2D eigenvalue weighted by Crippen LogP contribution is 2.40. The molecule has 1 aromatic carbocycles. The summed E-state index contributed by atoms with van der Waals surface area (Å²) in [6.45, 7) is 0.820. The Morgan fingerprint density at radius 1 is 1.19 bits per heavy atom. The summed E-state index contributed by atoms with van der Waals surface area (Å²) in [5, 5.41) is 13.5. The summed E-state index contributed by atoms with van der Waals surface area (Å²) in [6.07, 6.45) is 2.15. The zero-order valence-electron chi connectivity index (χ0n) is 16.9. The Hall–Kier alpha value is -2.62. The Bertz CT molecular complexity index is 1440. The number of aromatic amines is 1. The number of hydrogen-bond acceptors (Lipinski definition) is 6. The minimum atomic E-state index is -0.187. The van der Waals surface area contributed by atoms with Crippen molar-refractivity contribution < 1.29 is 0 Å². The number of nitrogens with zero attached hydrogens (tertiary/aromatic N) is 6. The lowest BCUT2D eigenvalue weighted by molar-refractivity contribution is 0.530. The smallest absolute Gasteiger partial charge is 0.266 e. The highest BCUT2D eigenvalue weighted by atomic mass is 35.5. The molecule has 3 aromatic heterocycles. The van der Waals surface area contributed by atoms with Crippen molar-refractivity contribution in [2.24, 2.45) is 25.7 Å². The van der Waals surface area contributed by atoms with Gasteiger partial charge in [-0.25, -0.2) is 0 Å². The fourth-order valence-corrected chi connectivity index (χ4v) is 5.79. The maximum absolute atomic E-state index is 13.4. The molecule has 1 aliphatic heterocycles. The monoisotopic (exact) mass is 458 g/mol. The van der Waals surface area contributed by atoms with Crippen molar-refractivity contribution in [1.82, 2.24) is 29.5 Å². The molecular weight excluding hydrogens is 439 g/mol. The van der Waals surface area contributed by atoms with Gasteiger partial charge in [-0.2, -0.15) is 15.2 Å². The normalized spacial score (nSPS) is 23.0. The first kappa shape index (κ1) is 19.1. The molecule has 0 amide bonds. The molecule has 160 valence electrons. The van der Waals surface area contributed by atoms with Gasteiger partial charge in [-0.1, -0.05) is 23.2 Å². The number of fused-ring (bicyclic) bond motifs is 4. The maximum atomic E-state index is 13.4. The second-order valence-corrected chi connectivity index (χ2v) is 9.18. The van der Waals surface area contributed by atoms with Gasteiger partial charge in [-0.05, 0) is 30.9 Å². The van der Waals surface area contributed by atoms with Crippen molar-refractivity contribution in [1.29, 1.82) is 0 Å². The number of nitrogens with one attached hydrogen (secondary N) is 1. The Morgan fingerprint density at radius 2 is 2.00 bits per heavy atom. The van der Waals surface area contributed by atoms with Gasteiger partial charge in [0.2, 0.25) is 5.95 Å². The number of nitrogens with two attached hydrogens (primary N) is 1. The van der Waals surface area contributed by atoms with Crippen LogP contribution < -0.4 is 16.2 Å². The summed E-state index contributed by atoms with van der Waals surface area (Å²) in [5.74, 6) is 1.07. The Balaban J connectivity index is 1.54. The second-order valence-electron chi connectivity index (χ2n) is 8.44. The van der Waals surface area contributed by atoms with Crippen LogP contribution in [0.15, 0.2) is 16.9 Å². The molecule has 4 aromatic rings. The van der Waals surface area contributed by atoms with Crippen molar-refractivity contribution in [3.05, 3.63) is 32.7 Å². The van der Waals surface area contributed by atoms with E-state index < -0.39 is 0 Å². The number of aryl methyl sites for hydroxylation is 1. The third-order valence-corrected chi connectivity index (χ3v) is 7.64. The molecule has 1 unspecified atom stereocenters. The standard InChI is InChI=1S/C20H20Cl2N8O/c1-28-19(31)13-16(9-4-5-10-12(14(9)21)17(22)29(2)27-10)25-26-18(13)24-20(28)30-7-8-3-6-11(30)15(8)23/h4-5,8,11,15H,3,6-7,23H2,1-2H3,(H,25,26)/t8?,11-,15-/m1/s1. The Labute approximate surface area is 186 Å². The molecule has 1 saturated heterocycles. The topological polar surface area (TPSA) is 111 Å². The van der Waals surface area contributed by atoms with Gasteiger partial charge < -0.3 is 10.6 Å². The Morgan fingerprint density at radius 3 is 2.71 bits per heavy atom. The Kier molecular flexibility index (Phi) is 3.97. The molecule has 4 heterocycles. The van der Waals surface area contributed by atoms with Crippen LogP contribution in [0, 0.1) is 5.92 Å². The molecule has 9 nitrogen and oxygen atoms in total. The number of rotatable bonds is 2. The summed E-state index contributed by atoms with van der Waals surface area (Å²) in [7, 11) is 3.49. The van der Waals surface area contributed by atoms with Crippen molar-refractivity contribution in [3.8, 4) is 11.3 Å². The SMILES string of the molecule is Cn1nc2ccc(-c3n[nH]c4nc(N5CC6CC[C@@H]5[C@@H]6N)n(C)c(=O)c34)c(Cl)c2c1Cl. The summed E-state index contributed by atoms with van der Waals surface area (Å²) in [6, 6.07) is 3.96. The molecule has 31 heavy (non-hydrogen) atoms. The van der Waals surface area contributed by atoms with E-state index in [1.807, 2.05) is 6.07 Å². The van der Waals surface area contributed by atoms with E-state index in [4.69, 9.17) is 33.9 Å². The third-order valence-electron chi connectivity index (χ3n) is 6.81. The minimum Gasteiger partial charge on any atom is -0.337 e. The quantitative estimate of drug-likeness (QED) is 0.477. The molecule has 1 aliphatic carbocycles. The van der Waals surface area contributed by atoms with E-state index in [2.05, 4.69) is 20.2 Å². The van der Waals surface area contributed by atoms with E-state index in [1.165, 1.54) is 0 Å². The molecule has 3 N–H and O–H groups in total. The lowest BCUT2D eigenvalue weighted by Crippen LogP contribution is -2.40. The van der Waals surface area contributed by atoms with Gasteiger partial charge in [-0.3, -0.25) is 19.1 Å². The van der Waals surface area contributed by atoms with Crippen LogP contribution in [0.1, 0.15) is 12.8 Å². The van der Waals surface area contributed by atoms with Crippen LogP contribution in [0.2, 0.25) is 10.2 Å². The molecule has 6 rings (SSSR count). The van der Waals surface area contributed by atoms with Crippen molar-refractivity contribution >= 4 is 51.1 Å². The molecule has 11 heteroatoms. The average Bonchev–Trinajstić information content (AvgIpc) is 3.48. The number of H-pyrrole nitrogens is 1. The summed E-state index contributed by atoms with van der Waals surface area (Å²) in [5.41, 5.74) is 8.32. The molecule has 1 saturated carbocycles. The average molecular weight is 459 g/mol. The van der Waals surface area contributed by atoms with Crippen LogP contribution in [0.25, 0.3) is 33.2 Å². The minimum absolute atomic E-state index is 0.125. The molecule has 3 atom stereocenters. The van der Waals surface area contributed by atoms with Crippen LogP contribution in [0.3, 0.4) is 0 Å². The summed E-state index contributed by atoms with van der Waals surface area (Å²) >= 11 is 13.1. The zero-order chi connectivity index (χ0) is 21.6. The van der Waals surface area contributed by atoms with E-state index in [0.717, 1.165) is 19.4 Å². The molecule has 2 fully saturated rings. The van der Waals surface area contributed by atoms with E-state index >= 15 is 0 Å². The number of benzene rings is 1. The highest BCUT2D eigenvalue weighted by molar-refractivity contribution is 6.43. The molecular formula is C20H20Cl2N8O. The largest absolute Gasteiger partial charge is 0.337 e. The van der Waals surface area contributed by atoms with Crippen molar-refractivity contribution in [2.75, 3.05) is 11.4 Å². The van der Waals surface area contributed by atoms with Crippen LogP contribution in [-0.2, 0) is 14.1 Å². The van der Waals surface area contributed by atoms with Crippen LogP contribution >= 0.6 is 23.2 Å². The molecule has 0 radical (unpaired) electrons.